The van der Waals surface area contributed by atoms with E-state index in [9.17, 15) is 9.59 Å². The lowest BCUT2D eigenvalue weighted by molar-refractivity contribution is -0.152. The quantitative estimate of drug-likeness (QED) is 0.842. The van der Waals surface area contributed by atoms with E-state index in [2.05, 4.69) is 10.4 Å². The van der Waals surface area contributed by atoms with E-state index in [1.54, 1.807) is 42.9 Å². The van der Waals surface area contributed by atoms with Crippen molar-refractivity contribution in [2.75, 3.05) is 5.32 Å². The first-order valence-electron chi connectivity index (χ1n) is 7.53. The molecule has 6 nitrogen and oxygen atoms in total. The minimum atomic E-state index is -0.918. The molecule has 1 atom stereocenters. The zero-order valence-corrected chi connectivity index (χ0v) is 14.8. The molecule has 0 fully saturated rings. The van der Waals surface area contributed by atoms with Crippen LogP contribution in [0.4, 0.5) is 5.69 Å². The number of aromatic nitrogens is 2. The maximum Gasteiger partial charge on any atom is 0.311 e. The molecule has 0 aliphatic heterocycles. The molecule has 24 heavy (non-hydrogen) atoms. The van der Waals surface area contributed by atoms with Gasteiger partial charge in [0.05, 0.1) is 23.5 Å². The molecular weight excluding hydrogens is 330 g/mol. The molecule has 2 aromatic rings. The van der Waals surface area contributed by atoms with E-state index in [0.717, 1.165) is 5.69 Å². The van der Waals surface area contributed by atoms with Crippen molar-refractivity contribution in [1.29, 1.82) is 0 Å². The molecule has 1 amide bonds. The summed E-state index contributed by atoms with van der Waals surface area (Å²) < 4.78 is 6.87. The lowest BCUT2D eigenvalue weighted by atomic mass is 10.1. The van der Waals surface area contributed by atoms with Crippen LogP contribution < -0.4 is 5.32 Å². The molecular formula is C17H20ClN3O3. The number of hydrogen-bond donors (Lipinski definition) is 1. The standard InChI is InChI=1S/C17H20ClN3O3/c1-10-16(11(2)21(4)20-10)19-17(23)12(3)24-15(22)9-13-7-5-6-8-14(13)18/h5-8,12H,9H2,1-4H3,(H,19,23). The summed E-state index contributed by atoms with van der Waals surface area (Å²) in [6.45, 7) is 5.18. The van der Waals surface area contributed by atoms with Gasteiger partial charge in [0.15, 0.2) is 6.10 Å². The van der Waals surface area contributed by atoms with Gasteiger partial charge < -0.3 is 10.1 Å². The SMILES string of the molecule is Cc1nn(C)c(C)c1NC(=O)C(C)OC(=O)Cc1ccccc1Cl. The van der Waals surface area contributed by atoms with Crippen LogP contribution >= 0.6 is 11.6 Å². The van der Waals surface area contributed by atoms with Gasteiger partial charge in [-0.25, -0.2) is 0 Å². The molecule has 0 spiro atoms. The number of esters is 1. The molecule has 0 saturated heterocycles. The first-order chi connectivity index (χ1) is 11.3. The summed E-state index contributed by atoms with van der Waals surface area (Å²) in [5.74, 6) is -0.910. The van der Waals surface area contributed by atoms with Crippen molar-refractivity contribution in [1.82, 2.24) is 9.78 Å². The number of amides is 1. The fraction of sp³-hybridized carbons (Fsp3) is 0.353. The van der Waals surface area contributed by atoms with Gasteiger partial charge in [-0.15, -0.1) is 0 Å². The Bertz CT molecular complexity index is 770. The number of benzene rings is 1. The van der Waals surface area contributed by atoms with Gasteiger partial charge in [0.2, 0.25) is 0 Å². The average molecular weight is 350 g/mol. The number of aryl methyl sites for hydroxylation is 2. The summed E-state index contributed by atoms with van der Waals surface area (Å²) in [5.41, 5.74) is 2.83. The normalized spacial score (nSPS) is 11.9. The predicted octanol–water partition coefficient (Wildman–Crippen LogP) is 2.80. The lowest BCUT2D eigenvalue weighted by Gasteiger charge is -2.14. The van der Waals surface area contributed by atoms with Crippen molar-refractivity contribution in [3.05, 3.63) is 46.2 Å². The van der Waals surface area contributed by atoms with Crippen LogP contribution in [0.5, 0.6) is 0 Å². The van der Waals surface area contributed by atoms with Crippen molar-refractivity contribution in [2.24, 2.45) is 7.05 Å². The van der Waals surface area contributed by atoms with Crippen LogP contribution in [0.3, 0.4) is 0 Å². The molecule has 1 aromatic heterocycles. The lowest BCUT2D eigenvalue weighted by Crippen LogP contribution is -2.30. The Hall–Kier alpha value is -2.34. The van der Waals surface area contributed by atoms with Gasteiger partial charge in [-0.05, 0) is 32.4 Å². The summed E-state index contributed by atoms with van der Waals surface area (Å²) >= 11 is 6.02. The molecule has 2 rings (SSSR count). The van der Waals surface area contributed by atoms with Gasteiger partial charge in [-0.2, -0.15) is 5.10 Å². The van der Waals surface area contributed by atoms with Crippen LogP contribution in [0.15, 0.2) is 24.3 Å². The Kier molecular flexibility index (Phi) is 5.62. The van der Waals surface area contributed by atoms with Gasteiger partial charge in [0, 0.05) is 12.1 Å². The first kappa shape index (κ1) is 18.0. The number of hydrogen-bond acceptors (Lipinski definition) is 4. The summed E-state index contributed by atoms with van der Waals surface area (Å²) in [7, 11) is 1.80. The minimum Gasteiger partial charge on any atom is -0.452 e. The molecule has 1 aromatic carbocycles. The third-order valence-corrected chi connectivity index (χ3v) is 4.10. The Morgan fingerprint density at radius 1 is 1.33 bits per heavy atom. The highest BCUT2D eigenvalue weighted by atomic mass is 35.5. The molecule has 1 unspecified atom stereocenters. The summed E-state index contributed by atoms with van der Waals surface area (Å²) in [6.07, 6.45) is -0.901. The van der Waals surface area contributed by atoms with Crippen molar-refractivity contribution in [3.8, 4) is 0 Å². The summed E-state index contributed by atoms with van der Waals surface area (Å²) in [6, 6.07) is 7.02. The molecule has 7 heteroatoms. The predicted molar refractivity (Wildman–Crippen MR) is 92.0 cm³/mol. The molecule has 1 heterocycles. The van der Waals surface area contributed by atoms with Gasteiger partial charge in [0.25, 0.3) is 5.91 Å². The molecule has 0 bridgehead atoms. The Morgan fingerprint density at radius 3 is 2.58 bits per heavy atom. The van der Waals surface area contributed by atoms with E-state index in [4.69, 9.17) is 16.3 Å². The average Bonchev–Trinajstić information content (AvgIpc) is 2.75. The Morgan fingerprint density at radius 2 is 2.00 bits per heavy atom. The van der Waals surface area contributed by atoms with Crippen molar-refractivity contribution >= 4 is 29.2 Å². The number of anilines is 1. The zero-order chi connectivity index (χ0) is 17.9. The topological polar surface area (TPSA) is 73.2 Å². The third kappa shape index (κ3) is 4.14. The summed E-state index contributed by atoms with van der Waals surface area (Å²) in [4.78, 5) is 24.2. The van der Waals surface area contributed by atoms with Crippen molar-refractivity contribution in [2.45, 2.75) is 33.3 Å². The molecule has 0 saturated carbocycles. The van der Waals surface area contributed by atoms with Crippen LogP contribution in [0.25, 0.3) is 0 Å². The van der Waals surface area contributed by atoms with Crippen LogP contribution in [-0.4, -0.2) is 27.8 Å². The molecule has 128 valence electrons. The fourth-order valence-electron chi connectivity index (χ4n) is 2.27. The van der Waals surface area contributed by atoms with Gasteiger partial charge in [0.1, 0.15) is 0 Å². The number of ether oxygens (including phenoxy) is 1. The van der Waals surface area contributed by atoms with Gasteiger partial charge >= 0.3 is 5.97 Å². The number of nitrogens with one attached hydrogen (secondary N) is 1. The summed E-state index contributed by atoms with van der Waals surface area (Å²) in [5, 5.41) is 7.48. The molecule has 1 N–H and O–H groups in total. The zero-order valence-electron chi connectivity index (χ0n) is 14.1. The van der Waals surface area contributed by atoms with Gasteiger partial charge in [-0.3, -0.25) is 14.3 Å². The highest BCUT2D eigenvalue weighted by Crippen LogP contribution is 2.19. The Balaban J connectivity index is 1.96. The van der Waals surface area contributed by atoms with E-state index in [-0.39, 0.29) is 6.42 Å². The van der Waals surface area contributed by atoms with E-state index in [1.807, 2.05) is 6.92 Å². The van der Waals surface area contributed by atoms with E-state index < -0.39 is 18.0 Å². The van der Waals surface area contributed by atoms with Crippen molar-refractivity contribution in [3.63, 3.8) is 0 Å². The second kappa shape index (κ2) is 7.49. The highest BCUT2D eigenvalue weighted by Gasteiger charge is 2.21. The number of nitrogens with zero attached hydrogens (tertiary/aromatic N) is 2. The number of carbonyl (C=O) groups is 2. The maximum atomic E-state index is 12.2. The molecule has 0 aliphatic rings. The maximum absolute atomic E-state index is 12.2. The second-order valence-corrected chi connectivity index (χ2v) is 5.97. The number of carbonyl (C=O) groups excluding carboxylic acids is 2. The second-order valence-electron chi connectivity index (χ2n) is 5.56. The third-order valence-electron chi connectivity index (χ3n) is 3.73. The fourth-order valence-corrected chi connectivity index (χ4v) is 2.47. The van der Waals surface area contributed by atoms with E-state index in [1.165, 1.54) is 6.92 Å². The van der Waals surface area contributed by atoms with Crippen LogP contribution in [-0.2, 0) is 27.8 Å². The Labute approximate surface area is 145 Å². The minimum absolute atomic E-state index is 0.0161. The van der Waals surface area contributed by atoms with Crippen LogP contribution in [0.2, 0.25) is 5.02 Å². The van der Waals surface area contributed by atoms with Crippen LogP contribution in [0, 0.1) is 13.8 Å². The number of rotatable bonds is 5. The monoisotopic (exact) mass is 349 g/mol. The van der Waals surface area contributed by atoms with Crippen molar-refractivity contribution < 1.29 is 14.3 Å². The van der Waals surface area contributed by atoms with E-state index in [0.29, 0.717) is 22.0 Å². The van der Waals surface area contributed by atoms with Gasteiger partial charge in [-0.1, -0.05) is 29.8 Å². The molecule has 0 radical (unpaired) electrons. The van der Waals surface area contributed by atoms with E-state index >= 15 is 0 Å². The smallest absolute Gasteiger partial charge is 0.311 e. The largest absolute Gasteiger partial charge is 0.452 e. The first-order valence-corrected chi connectivity index (χ1v) is 7.91. The van der Waals surface area contributed by atoms with Crippen LogP contribution in [0.1, 0.15) is 23.9 Å². The number of halogens is 1. The highest BCUT2D eigenvalue weighted by molar-refractivity contribution is 6.31. The molecule has 0 aliphatic carbocycles.